The van der Waals surface area contributed by atoms with Crippen molar-refractivity contribution in [3.05, 3.63) is 47.7 Å². The average Bonchev–Trinajstić information content (AvgIpc) is 3.76. The average molecular weight is 567 g/mol. The van der Waals surface area contributed by atoms with Gasteiger partial charge in [-0.15, -0.1) is 0 Å². The summed E-state index contributed by atoms with van der Waals surface area (Å²) in [5, 5.41) is 16.6. The minimum Gasteiger partial charge on any atom is -0.508 e. The normalized spacial score (nSPS) is 31.9. The van der Waals surface area contributed by atoms with Crippen molar-refractivity contribution in [2.75, 3.05) is 42.6 Å². The molecule has 6 heterocycles. The lowest BCUT2D eigenvalue weighted by Gasteiger charge is -2.38. The maximum absolute atomic E-state index is 10.6. The topological polar surface area (TPSA) is 77.0 Å². The molecule has 2 bridgehead atoms. The number of nitrogens with one attached hydrogen (secondary N) is 1. The minimum absolute atomic E-state index is 0.163. The van der Waals surface area contributed by atoms with Gasteiger partial charge in [0, 0.05) is 60.5 Å². The van der Waals surface area contributed by atoms with Crippen molar-refractivity contribution >= 4 is 22.3 Å². The highest BCUT2D eigenvalue weighted by atomic mass is 16.5. The Hall–Kier alpha value is -3.10. The van der Waals surface area contributed by atoms with E-state index in [1.54, 1.807) is 0 Å². The largest absolute Gasteiger partial charge is 0.508 e. The molecule has 0 amide bonds. The van der Waals surface area contributed by atoms with Gasteiger partial charge in [0.25, 0.3) is 0 Å². The lowest BCUT2D eigenvalue weighted by molar-refractivity contribution is 0.0829. The maximum atomic E-state index is 10.6. The highest BCUT2D eigenvalue weighted by Gasteiger charge is 2.55. The zero-order valence-corrected chi connectivity index (χ0v) is 24.5. The third kappa shape index (κ3) is 4.08. The first-order valence-electron chi connectivity index (χ1n) is 16.4. The van der Waals surface area contributed by atoms with Crippen LogP contribution in [0.15, 0.2) is 36.4 Å². The number of benzene rings is 2. The molecular weight excluding hydrogens is 524 g/mol. The van der Waals surface area contributed by atoms with Gasteiger partial charge in [0.15, 0.2) is 0 Å². The Morgan fingerprint density at radius 3 is 2.76 bits per heavy atom. The second-order valence-electron chi connectivity index (χ2n) is 13.9. The molecule has 8 heteroatoms. The predicted octanol–water partition coefficient (Wildman–Crippen LogP) is 4.62. The number of aromatic hydroxyl groups is 1. The molecule has 1 aliphatic carbocycles. The quantitative estimate of drug-likeness (QED) is 0.463. The van der Waals surface area contributed by atoms with Gasteiger partial charge in [0.2, 0.25) is 0 Å². The molecule has 3 aromatic rings. The van der Waals surface area contributed by atoms with E-state index in [1.807, 2.05) is 18.2 Å². The summed E-state index contributed by atoms with van der Waals surface area (Å²) in [7, 11) is 0. The number of hydrogen-bond acceptors (Lipinski definition) is 8. The number of ether oxygens (including phenoxy) is 1. The molecule has 1 saturated carbocycles. The molecule has 0 spiro atoms. The van der Waals surface area contributed by atoms with Gasteiger partial charge in [-0.25, -0.2) is 0 Å². The van der Waals surface area contributed by atoms with E-state index in [2.05, 4.69) is 38.2 Å². The number of piperazine rings is 1. The standard InChI is InChI=1S/C34H42N6O2/c41-26-15-22-5-1-2-7-27(22)31(16-26)38-14-11-28-29(20-38)36-33(37-32(28)39-18-24-9-10-25(19-39)35-24)42-21-34-12-4-13-40(34)30-8-3-6-23(30)17-34/h1-2,5,7,15-16,23-25,30,35,41H,3-4,6,8-14,17-21H2/t23-,24?,25?,30-,34+/m1/s1. The van der Waals surface area contributed by atoms with Gasteiger partial charge in [-0.1, -0.05) is 30.7 Å². The zero-order valence-electron chi connectivity index (χ0n) is 24.5. The van der Waals surface area contributed by atoms with E-state index in [4.69, 9.17) is 14.7 Å². The van der Waals surface area contributed by atoms with E-state index in [0.29, 0.717) is 37.0 Å². The van der Waals surface area contributed by atoms with E-state index in [1.165, 1.54) is 63.5 Å². The third-order valence-electron chi connectivity index (χ3n) is 11.5. The van der Waals surface area contributed by atoms with Crippen LogP contribution >= 0.6 is 0 Å². The number of anilines is 2. The molecule has 42 heavy (non-hydrogen) atoms. The van der Waals surface area contributed by atoms with Crippen LogP contribution in [-0.4, -0.2) is 76.4 Å². The number of hydrogen-bond donors (Lipinski definition) is 2. The molecule has 0 radical (unpaired) electrons. The summed E-state index contributed by atoms with van der Waals surface area (Å²) in [5.74, 6) is 2.24. The van der Waals surface area contributed by atoms with Crippen LogP contribution in [0.25, 0.3) is 10.8 Å². The Morgan fingerprint density at radius 2 is 1.86 bits per heavy atom. The Labute approximate surface area is 248 Å². The number of fused-ring (bicyclic) bond motifs is 7. The summed E-state index contributed by atoms with van der Waals surface area (Å²) in [4.78, 5) is 18.1. The van der Waals surface area contributed by atoms with Gasteiger partial charge in [0.05, 0.1) is 17.8 Å². The fraction of sp³-hybridized carbons (Fsp3) is 0.588. The van der Waals surface area contributed by atoms with Crippen LogP contribution in [0.5, 0.6) is 11.8 Å². The monoisotopic (exact) mass is 566 g/mol. The highest BCUT2D eigenvalue weighted by molar-refractivity contribution is 5.95. The number of rotatable bonds is 5. The van der Waals surface area contributed by atoms with E-state index in [-0.39, 0.29) is 5.54 Å². The van der Waals surface area contributed by atoms with E-state index < -0.39 is 0 Å². The molecule has 5 aliphatic heterocycles. The first-order chi connectivity index (χ1) is 20.6. The van der Waals surface area contributed by atoms with Crippen LogP contribution in [0.1, 0.15) is 62.6 Å². The first kappa shape index (κ1) is 25.4. The second-order valence-corrected chi connectivity index (χ2v) is 13.9. The van der Waals surface area contributed by atoms with Gasteiger partial charge in [0.1, 0.15) is 18.2 Å². The van der Waals surface area contributed by atoms with Crippen LogP contribution in [0.3, 0.4) is 0 Å². The summed E-state index contributed by atoms with van der Waals surface area (Å²) in [6, 6.07) is 14.5. The molecule has 5 fully saturated rings. The van der Waals surface area contributed by atoms with Crippen molar-refractivity contribution in [2.24, 2.45) is 5.92 Å². The Balaban J connectivity index is 1.06. The van der Waals surface area contributed by atoms with E-state index >= 15 is 0 Å². The smallest absolute Gasteiger partial charge is 0.318 e. The minimum atomic E-state index is 0.163. The summed E-state index contributed by atoms with van der Waals surface area (Å²) < 4.78 is 6.69. The van der Waals surface area contributed by atoms with Crippen LogP contribution in [0.4, 0.5) is 11.5 Å². The fourth-order valence-corrected chi connectivity index (χ4v) is 9.69. The first-order valence-corrected chi connectivity index (χ1v) is 16.4. The summed E-state index contributed by atoms with van der Waals surface area (Å²) >= 11 is 0. The fourth-order valence-electron chi connectivity index (χ4n) is 9.69. The molecule has 5 atom stereocenters. The van der Waals surface area contributed by atoms with Gasteiger partial charge >= 0.3 is 6.01 Å². The molecule has 1 aromatic heterocycles. The Bertz CT molecular complexity index is 1520. The van der Waals surface area contributed by atoms with Crippen LogP contribution < -0.4 is 19.9 Å². The SMILES string of the molecule is Oc1cc(N2CCc3c(nc(OC[C@@]45CCCN4[C@@H]4CCC[C@@H]4C5)nc3N3CC4CCC(C3)N4)C2)c2ccccc2c1. The summed E-state index contributed by atoms with van der Waals surface area (Å²) in [5.41, 5.74) is 3.58. The Kier molecular flexibility index (Phi) is 5.87. The lowest BCUT2D eigenvalue weighted by atomic mass is 9.90. The number of nitrogens with zero attached hydrogens (tertiary/aromatic N) is 5. The zero-order chi connectivity index (χ0) is 27.8. The number of phenolic OH excluding ortho intramolecular Hbond substituents is 1. The van der Waals surface area contributed by atoms with Crippen LogP contribution in [-0.2, 0) is 13.0 Å². The molecule has 220 valence electrons. The Morgan fingerprint density at radius 1 is 0.976 bits per heavy atom. The van der Waals surface area contributed by atoms with Crippen molar-refractivity contribution in [1.82, 2.24) is 20.2 Å². The molecule has 2 N–H and O–H groups in total. The second kappa shape index (κ2) is 9.71. The van der Waals surface area contributed by atoms with Gasteiger partial charge < -0.3 is 25.0 Å². The van der Waals surface area contributed by atoms with Crippen LogP contribution in [0.2, 0.25) is 0 Å². The highest BCUT2D eigenvalue weighted by Crippen LogP contribution is 2.51. The molecular formula is C34H42N6O2. The van der Waals surface area contributed by atoms with Crippen molar-refractivity contribution in [1.29, 1.82) is 0 Å². The molecule has 2 aromatic carbocycles. The van der Waals surface area contributed by atoms with Gasteiger partial charge in [-0.2, -0.15) is 9.97 Å². The van der Waals surface area contributed by atoms with Crippen molar-refractivity contribution in [3.8, 4) is 11.8 Å². The molecule has 4 saturated heterocycles. The van der Waals surface area contributed by atoms with E-state index in [0.717, 1.165) is 66.0 Å². The maximum Gasteiger partial charge on any atom is 0.318 e. The van der Waals surface area contributed by atoms with Crippen LogP contribution in [0, 0.1) is 5.92 Å². The molecule has 6 aliphatic rings. The lowest BCUT2D eigenvalue weighted by Crippen LogP contribution is -2.52. The van der Waals surface area contributed by atoms with Gasteiger partial charge in [-0.05, 0) is 75.3 Å². The number of phenols is 1. The summed E-state index contributed by atoms with van der Waals surface area (Å²) in [6.07, 6.45) is 11.3. The summed E-state index contributed by atoms with van der Waals surface area (Å²) in [6.45, 7) is 5.48. The third-order valence-corrected chi connectivity index (χ3v) is 11.5. The van der Waals surface area contributed by atoms with Crippen molar-refractivity contribution in [3.63, 3.8) is 0 Å². The molecule has 9 rings (SSSR count). The molecule has 8 nitrogen and oxygen atoms in total. The number of aromatic nitrogens is 2. The molecule has 2 unspecified atom stereocenters. The van der Waals surface area contributed by atoms with E-state index in [9.17, 15) is 5.11 Å². The van der Waals surface area contributed by atoms with Crippen molar-refractivity contribution in [2.45, 2.75) is 88.0 Å². The van der Waals surface area contributed by atoms with Gasteiger partial charge in [-0.3, -0.25) is 4.90 Å². The predicted molar refractivity (Wildman–Crippen MR) is 164 cm³/mol. The van der Waals surface area contributed by atoms with Crippen molar-refractivity contribution < 1.29 is 9.84 Å².